The minimum absolute atomic E-state index is 0.0924. The third-order valence-corrected chi connectivity index (χ3v) is 6.23. The van der Waals surface area contributed by atoms with Gasteiger partial charge < -0.3 is 0 Å². The van der Waals surface area contributed by atoms with Crippen molar-refractivity contribution in [2.24, 2.45) is 11.8 Å². The Labute approximate surface area is 151 Å². The van der Waals surface area contributed by atoms with Crippen molar-refractivity contribution in [3.63, 3.8) is 0 Å². The summed E-state index contributed by atoms with van der Waals surface area (Å²) in [6, 6.07) is 20.3. The molecule has 0 radical (unpaired) electrons. The normalized spacial score (nSPS) is 32.6. The van der Waals surface area contributed by atoms with E-state index in [2.05, 4.69) is 12.1 Å². The van der Waals surface area contributed by atoms with Crippen molar-refractivity contribution < 1.29 is 4.79 Å². The number of carbonyl (C=O) groups excluding carboxylic acids is 1. The van der Waals surface area contributed by atoms with Crippen molar-refractivity contribution in [1.29, 1.82) is 10.5 Å². The highest BCUT2D eigenvalue weighted by molar-refractivity contribution is 5.97. The van der Waals surface area contributed by atoms with E-state index in [1.165, 1.54) is 6.08 Å². The highest BCUT2D eigenvalue weighted by Crippen LogP contribution is 2.64. The van der Waals surface area contributed by atoms with Gasteiger partial charge in [0.05, 0.1) is 18.1 Å². The van der Waals surface area contributed by atoms with E-state index in [9.17, 15) is 15.3 Å². The van der Waals surface area contributed by atoms with Gasteiger partial charge in [-0.1, -0.05) is 66.8 Å². The van der Waals surface area contributed by atoms with Crippen LogP contribution in [0.1, 0.15) is 22.3 Å². The van der Waals surface area contributed by atoms with Crippen LogP contribution in [0.2, 0.25) is 0 Å². The molecule has 3 nitrogen and oxygen atoms in total. The summed E-state index contributed by atoms with van der Waals surface area (Å²) in [6.07, 6.45) is 7.02. The summed E-state index contributed by atoms with van der Waals surface area (Å²) in [5.74, 6) is -1.07. The average molecular weight is 334 g/mol. The molecule has 122 valence electrons. The number of carbonyl (C=O) groups is 1. The molecule has 6 rings (SSSR count). The molecule has 2 aromatic carbocycles. The molecule has 0 aromatic heterocycles. The van der Waals surface area contributed by atoms with Crippen LogP contribution in [0.15, 0.2) is 72.8 Å². The van der Waals surface area contributed by atoms with E-state index in [0.717, 1.165) is 22.3 Å². The standard InChI is InChI=1S/C23H14N2O/c24-13-22-15-7-1-3-9-17(15)23(14-25,18-10-4-2-8-16(18)22)21-19(22)11-5-6-12-20(21)26/h1-12,19,21H/t19-,21+,22?,23?/m1/s1. The number of benzene rings is 2. The van der Waals surface area contributed by atoms with Crippen molar-refractivity contribution in [2.45, 2.75) is 10.8 Å². The van der Waals surface area contributed by atoms with Gasteiger partial charge in [-0.25, -0.2) is 0 Å². The van der Waals surface area contributed by atoms with E-state index in [1.54, 1.807) is 6.08 Å². The third kappa shape index (κ3) is 1.38. The number of allylic oxidation sites excluding steroid dienone is 4. The van der Waals surface area contributed by atoms with Crippen LogP contribution in [-0.2, 0) is 15.6 Å². The number of rotatable bonds is 0. The second kappa shape index (κ2) is 4.81. The molecule has 0 fully saturated rings. The molecule has 0 amide bonds. The maximum Gasteiger partial charge on any atom is 0.161 e. The first kappa shape index (κ1) is 14.9. The maximum atomic E-state index is 13.1. The first-order valence-electron chi connectivity index (χ1n) is 8.63. The fraction of sp³-hybridized carbons (Fsp3) is 0.174. The summed E-state index contributed by atoms with van der Waals surface area (Å²) in [7, 11) is 0. The molecular formula is C23H14N2O. The minimum atomic E-state index is -1.08. The van der Waals surface area contributed by atoms with Crippen molar-refractivity contribution >= 4 is 5.78 Å². The maximum absolute atomic E-state index is 13.1. The topological polar surface area (TPSA) is 64.7 Å². The predicted octanol–water partition coefficient (Wildman–Crippen LogP) is 3.56. The van der Waals surface area contributed by atoms with Crippen LogP contribution in [-0.4, -0.2) is 5.78 Å². The van der Waals surface area contributed by atoms with Crippen molar-refractivity contribution in [2.75, 3.05) is 0 Å². The lowest BCUT2D eigenvalue weighted by molar-refractivity contribution is -0.121. The van der Waals surface area contributed by atoms with Crippen molar-refractivity contribution in [1.82, 2.24) is 0 Å². The van der Waals surface area contributed by atoms with Gasteiger partial charge in [0.2, 0.25) is 0 Å². The first-order valence-corrected chi connectivity index (χ1v) is 8.63. The van der Waals surface area contributed by atoms with E-state index in [1.807, 2.05) is 60.7 Å². The molecule has 2 aromatic rings. The van der Waals surface area contributed by atoms with Crippen LogP contribution < -0.4 is 0 Å². The van der Waals surface area contributed by atoms with Gasteiger partial charge in [0.1, 0.15) is 10.8 Å². The number of nitrogens with zero attached hydrogens (tertiary/aromatic N) is 2. The third-order valence-electron chi connectivity index (χ3n) is 6.23. The molecule has 4 aliphatic carbocycles. The zero-order valence-corrected chi connectivity index (χ0v) is 13.9. The molecule has 0 saturated heterocycles. The van der Waals surface area contributed by atoms with Crippen LogP contribution in [0.25, 0.3) is 0 Å². The van der Waals surface area contributed by atoms with Gasteiger partial charge in [-0.2, -0.15) is 10.5 Å². The highest BCUT2D eigenvalue weighted by atomic mass is 16.1. The molecule has 0 heterocycles. The van der Waals surface area contributed by atoms with Crippen LogP contribution in [0, 0.1) is 34.5 Å². The van der Waals surface area contributed by atoms with E-state index in [4.69, 9.17) is 0 Å². The van der Waals surface area contributed by atoms with E-state index in [0.29, 0.717) is 0 Å². The number of nitriles is 2. The molecule has 4 aliphatic rings. The van der Waals surface area contributed by atoms with Crippen LogP contribution in [0.4, 0.5) is 0 Å². The first-order chi connectivity index (χ1) is 12.7. The highest BCUT2D eigenvalue weighted by Gasteiger charge is 2.67. The van der Waals surface area contributed by atoms with E-state index < -0.39 is 16.7 Å². The molecule has 0 unspecified atom stereocenters. The van der Waals surface area contributed by atoms with Gasteiger partial charge in [-0.05, 0) is 28.3 Å². The van der Waals surface area contributed by atoms with E-state index >= 15 is 0 Å². The summed E-state index contributed by atoms with van der Waals surface area (Å²) < 4.78 is 0. The minimum Gasteiger partial charge on any atom is -0.294 e. The Morgan fingerprint density at radius 3 is 1.77 bits per heavy atom. The number of ketones is 1. The zero-order chi connectivity index (χ0) is 17.9. The number of hydrogen-bond donors (Lipinski definition) is 0. The molecule has 0 saturated carbocycles. The smallest absolute Gasteiger partial charge is 0.161 e. The molecule has 2 atom stereocenters. The fourth-order valence-electron chi connectivity index (χ4n) is 5.31. The van der Waals surface area contributed by atoms with E-state index in [-0.39, 0.29) is 11.7 Å². The lowest BCUT2D eigenvalue weighted by Gasteiger charge is -2.56. The van der Waals surface area contributed by atoms with Gasteiger partial charge in [-0.15, -0.1) is 0 Å². The van der Waals surface area contributed by atoms with Gasteiger partial charge in [0.25, 0.3) is 0 Å². The summed E-state index contributed by atoms with van der Waals surface area (Å²) in [5.41, 5.74) is 1.25. The Kier molecular flexibility index (Phi) is 2.75. The monoisotopic (exact) mass is 334 g/mol. The summed E-state index contributed by atoms with van der Waals surface area (Å²) in [4.78, 5) is 13.1. The van der Waals surface area contributed by atoms with Crippen LogP contribution >= 0.6 is 0 Å². The van der Waals surface area contributed by atoms with Gasteiger partial charge in [0, 0.05) is 5.92 Å². The molecule has 3 heteroatoms. The lowest BCUT2D eigenvalue weighted by atomic mass is 9.41. The zero-order valence-electron chi connectivity index (χ0n) is 13.9. The molecule has 0 spiro atoms. The van der Waals surface area contributed by atoms with Crippen LogP contribution in [0.5, 0.6) is 0 Å². The second-order valence-electron chi connectivity index (χ2n) is 7.08. The Bertz CT molecular complexity index is 1060. The van der Waals surface area contributed by atoms with Gasteiger partial charge in [-0.3, -0.25) is 4.79 Å². The summed E-state index contributed by atoms with van der Waals surface area (Å²) in [6.45, 7) is 0. The lowest BCUT2D eigenvalue weighted by Crippen LogP contribution is -2.60. The summed E-state index contributed by atoms with van der Waals surface area (Å²) >= 11 is 0. The second-order valence-corrected chi connectivity index (χ2v) is 7.08. The van der Waals surface area contributed by atoms with Crippen molar-refractivity contribution in [3.05, 3.63) is 95.1 Å². The molecule has 0 aliphatic heterocycles. The Balaban J connectivity index is 2.05. The van der Waals surface area contributed by atoms with Crippen molar-refractivity contribution in [3.8, 4) is 12.1 Å². The molecule has 26 heavy (non-hydrogen) atoms. The number of hydrogen-bond acceptors (Lipinski definition) is 3. The Morgan fingerprint density at radius 1 is 0.769 bits per heavy atom. The average Bonchev–Trinajstić information content (AvgIpc) is 2.90. The fourth-order valence-corrected chi connectivity index (χ4v) is 5.31. The van der Waals surface area contributed by atoms with Gasteiger partial charge in [0.15, 0.2) is 5.78 Å². The van der Waals surface area contributed by atoms with Gasteiger partial charge >= 0.3 is 0 Å². The molecule has 2 bridgehead atoms. The predicted molar refractivity (Wildman–Crippen MR) is 95.9 cm³/mol. The largest absolute Gasteiger partial charge is 0.294 e. The quantitative estimate of drug-likeness (QED) is 0.740. The molecule has 0 N–H and O–H groups in total. The Morgan fingerprint density at radius 2 is 1.27 bits per heavy atom. The Hall–Kier alpha value is -3.43. The molecular weight excluding hydrogens is 320 g/mol. The SMILES string of the molecule is N#CC12c3ccccc3C(C#N)(c3ccccc31)[C@@H]1C(=O)C=CC=C[C@H]12. The van der Waals surface area contributed by atoms with Crippen LogP contribution in [0.3, 0.4) is 0 Å². The summed E-state index contributed by atoms with van der Waals surface area (Å²) in [5, 5.41) is 20.9.